The molecule has 0 spiro atoms. The van der Waals surface area contributed by atoms with Gasteiger partial charge in [0.1, 0.15) is 5.56 Å². The predicted octanol–water partition coefficient (Wildman–Crippen LogP) is 3.63. The molecule has 0 bridgehead atoms. The fourth-order valence-electron chi connectivity index (χ4n) is 3.63. The number of pyridine rings is 1. The second kappa shape index (κ2) is 8.83. The summed E-state index contributed by atoms with van der Waals surface area (Å²) in [5.41, 5.74) is 4.53. The topological polar surface area (TPSA) is 68.9 Å². The Bertz CT molecular complexity index is 1260. The van der Waals surface area contributed by atoms with Gasteiger partial charge in [-0.2, -0.15) is 5.10 Å². The van der Waals surface area contributed by atoms with Gasteiger partial charge in [0, 0.05) is 24.0 Å². The molecule has 0 radical (unpaired) electrons. The fraction of sp³-hybridized carbons (Fsp3) is 0.160. The Balaban J connectivity index is 1.52. The largest absolute Gasteiger partial charge is 0.348 e. The summed E-state index contributed by atoms with van der Waals surface area (Å²) in [6, 6.07) is 22.8. The van der Waals surface area contributed by atoms with Crippen molar-refractivity contribution in [2.75, 3.05) is 0 Å². The highest BCUT2D eigenvalue weighted by atomic mass is 16.2. The number of nitrogens with one attached hydrogen (secondary N) is 1. The molecule has 0 unspecified atom stereocenters. The molecule has 0 atom stereocenters. The number of rotatable bonds is 6. The second-order valence-electron chi connectivity index (χ2n) is 7.42. The SMILES string of the molecule is Cc1nn(-c2ccccc2)c(C)c1CNC(=O)c1cccn(Cc2ccccc2)c1=O. The number of carbonyl (C=O) groups excluding carboxylic acids is 1. The third-order valence-corrected chi connectivity index (χ3v) is 5.33. The van der Waals surface area contributed by atoms with Crippen molar-refractivity contribution in [3.8, 4) is 5.69 Å². The molecule has 0 saturated carbocycles. The summed E-state index contributed by atoms with van der Waals surface area (Å²) in [6.45, 7) is 4.62. The molecule has 156 valence electrons. The summed E-state index contributed by atoms with van der Waals surface area (Å²) in [7, 11) is 0. The molecule has 0 aliphatic heterocycles. The number of aromatic nitrogens is 3. The number of hydrogen-bond acceptors (Lipinski definition) is 3. The summed E-state index contributed by atoms with van der Waals surface area (Å²) < 4.78 is 3.42. The van der Waals surface area contributed by atoms with E-state index >= 15 is 0 Å². The van der Waals surface area contributed by atoms with Crippen molar-refractivity contribution >= 4 is 5.91 Å². The van der Waals surface area contributed by atoms with Crippen molar-refractivity contribution < 1.29 is 4.79 Å². The first-order valence-electron chi connectivity index (χ1n) is 10.2. The van der Waals surface area contributed by atoms with Crippen LogP contribution in [0.5, 0.6) is 0 Å². The van der Waals surface area contributed by atoms with E-state index in [1.54, 1.807) is 22.9 Å². The Hall–Kier alpha value is -3.93. The van der Waals surface area contributed by atoms with E-state index in [1.807, 2.05) is 79.2 Å². The number of nitrogens with zero attached hydrogens (tertiary/aromatic N) is 3. The second-order valence-corrected chi connectivity index (χ2v) is 7.42. The number of hydrogen-bond donors (Lipinski definition) is 1. The molecule has 31 heavy (non-hydrogen) atoms. The van der Waals surface area contributed by atoms with E-state index in [0.29, 0.717) is 13.1 Å². The molecule has 2 aromatic heterocycles. The lowest BCUT2D eigenvalue weighted by Crippen LogP contribution is -2.32. The van der Waals surface area contributed by atoms with Crippen LogP contribution in [-0.2, 0) is 13.1 Å². The molecule has 4 rings (SSSR count). The van der Waals surface area contributed by atoms with Gasteiger partial charge >= 0.3 is 0 Å². The number of benzene rings is 2. The van der Waals surface area contributed by atoms with Crippen molar-refractivity contribution in [3.63, 3.8) is 0 Å². The first kappa shape index (κ1) is 20.3. The van der Waals surface area contributed by atoms with E-state index in [-0.39, 0.29) is 11.1 Å². The lowest BCUT2D eigenvalue weighted by Gasteiger charge is -2.10. The third-order valence-electron chi connectivity index (χ3n) is 5.33. The lowest BCUT2D eigenvalue weighted by atomic mass is 10.1. The minimum atomic E-state index is -0.390. The zero-order valence-electron chi connectivity index (χ0n) is 17.6. The van der Waals surface area contributed by atoms with Crippen LogP contribution in [0, 0.1) is 13.8 Å². The standard InChI is InChI=1S/C25H24N4O2/c1-18-23(19(2)29(27-18)21-12-7-4-8-13-21)16-26-24(30)22-14-9-15-28(25(22)31)17-20-10-5-3-6-11-20/h3-15H,16-17H2,1-2H3,(H,26,30). The third kappa shape index (κ3) is 4.33. The lowest BCUT2D eigenvalue weighted by molar-refractivity contribution is 0.0948. The average Bonchev–Trinajstić information content (AvgIpc) is 3.08. The van der Waals surface area contributed by atoms with Crippen molar-refractivity contribution in [3.05, 3.63) is 117 Å². The molecule has 4 aromatic rings. The van der Waals surface area contributed by atoms with Crippen LogP contribution in [0.3, 0.4) is 0 Å². The Kier molecular flexibility index (Phi) is 5.80. The van der Waals surface area contributed by atoms with Crippen LogP contribution in [0.2, 0.25) is 0 Å². The molecule has 1 amide bonds. The van der Waals surface area contributed by atoms with Crippen LogP contribution in [0.1, 0.15) is 32.9 Å². The van der Waals surface area contributed by atoms with E-state index in [1.165, 1.54) is 0 Å². The maximum atomic E-state index is 12.8. The van der Waals surface area contributed by atoms with Crippen molar-refractivity contribution in [1.82, 2.24) is 19.7 Å². The Labute approximate surface area is 180 Å². The van der Waals surface area contributed by atoms with E-state index in [2.05, 4.69) is 10.4 Å². The van der Waals surface area contributed by atoms with Crippen molar-refractivity contribution in [1.29, 1.82) is 0 Å². The highest BCUT2D eigenvalue weighted by molar-refractivity contribution is 5.93. The minimum absolute atomic E-state index is 0.129. The van der Waals surface area contributed by atoms with Gasteiger partial charge in [0.25, 0.3) is 11.5 Å². The summed E-state index contributed by atoms with van der Waals surface area (Å²) in [5, 5.41) is 7.50. The maximum Gasteiger partial charge on any atom is 0.263 e. The first-order valence-corrected chi connectivity index (χ1v) is 10.2. The van der Waals surface area contributed by atoms with Crippen LogP contribution < -0.4 is 10.9 Å². The molecular formula is C25H24N4O2. The van der Waals surface area contributed by atoms with Crippen molar-refractivity contribution in [2.45, 2.75) is 26.9 Å². The van der Waals surface area contributed by atoms with E-state index < -0.39 is 5.91 Å². The predicted molar refractivity (Wildman–Crippen MR) is 120 cm³/mol. The quantitative estimate of drug-likeness (QED) is 0.526. The summed E-state index contributed by atoms with van der Waals surface area (Å²) >= 11 is 0. The smallest absolute Gasteiger partial charge is 0.263 e. The van der Waals surface area contributed by atoms with E-state index in [0.717, 1.165) is 28.2 Å². The van der Waals surface area contributed by atoms with Gasteiger partial charge < -0.3 is 9.88 Å². The number of carbonyl (C=O) groups is 1. The Morgan fingerprint density at radius 2 is 1.61 bits per heavy atom. The Morgan fingerprint density at radius 1 is 0.935 bits per heavy atom. The molecule has 0 aliphatic carbocycles. The van der Waals surface area contributed by atoms with Gasteiger partial charge in [-0.3, -0.25) is 9.59 Å². The molecule has 0 saturated heterocycles. The maximum absolute atomic E-state index is 12.8. The van der Waals surface area contributed by atoms with Gasteiger partial charge in [-0.15, -0.1) is 0 Å². The summed E-state index contributed by atoms with van der Waals surface area (Å²) in [4.78, 5) is 25.6. The number of aryl methyl sites for hydroxylation is 1. The molecular weight excluding hydrogens is 388 g/mol. The zero-order chi connectivity index (χ0) is 21.8. The van der Waals surface area contributed by atoms with Crippen LogP contribution in [0.4, 0.5) is 0 Å². The number of amides is 1. The van der Waals surface area contributed by atoms with Crippen LogP contribution >= 0.6 is 0 Å². The van der Waals surface area contributed by atoms with Gasteiger partial charge in [0.15, 0.2) is 0 Å². The molecule has 6 nitrogen and oxygen atoms in total. The minimum Gasteiger partial charge on any atom is -0.348 e. The highest BCUT2D eigenvalue weighted by Gasteiger charge is 2.16. The summed E-state index contributed by atoms with van der Waals surface area (Å²) in [5.74, 6) is -0.390. The molecule has 0 aliphatic rings. The van der Waals surface area contributed by atoms with Gasteiger partial charge in [0.05, 0.1) is 17.9 Å². The normalized spacial score (nSPS) is 10.8. The van der Waals surface area contributed by atoms with Crippen LogP contribution in [0.15, 0.2) is 83.8 Å². The highest BCUT2D eigenvalue weighted by Crippen LogP contribution is 2.17. The van der Waals surface area contributed by atoms with E-state index in [9.17, 15) is 9.59 Å². The zero-order valence-corrected chi connectivity index (χ0v) is 17.6. The average molecular weight is 412 g/mol. The number of para-hydroxylation sites is 1. The molecule has 1 N–H and O–H groups in total. The van der Waals surface area contributed by atoms with Gasteiger partial charge in [-0.25, -0.2) is 4.68 Å². The molecule has 2 aromatic carbocycles. The van der Waals surface area contributed by atoms with Gasteiger partial charge in [0.2, 0.25) is 0 Å². The Morgan fingerprint density at radius 3 is 2.32 bits per heavy atom. The van der Waals surface area contributed by atoms with Gasteiger partial charge in [-0.05, 0) is 43.7 Å². The van der Waals surface area contributed by atoms with Crippen molar-refractivity contribution in [2.24, 2.45) is 0 Å². The van der Waals surface area contributed by atoms with Gasteiger partial charge in [-0.1, -0.05) is 48.5 Å². The van der Waals surface area contributed by atoms with Crippen LogP contribution in [-0.4, -0.2) is 20.3 Å². The fourth-order valence-corrected chi connectivity index (χ4v) is 3.63. The first-order chi connectivity index (χ1) is 15.0. The molecule has 0 fully saturated rings. The summed E-state index contributed by atoms with van der Waals surface area (Å²) in [6.07, 6.45) is 1.70. The monoisotopic (exact) mass is 412 g/mol. The molecule has 6 heteroatoms. The molecule has 2 heterocycles. The van der Waals surface area contributed by atoms with E-state index in [4.69, 9.17) is 0 Å². The van der Waals surface area contributed by atoms with Crippen LogP contribution in [0.25, 0.3) is 5.69 Å².